The molecule has 0 saturated carbocycles. The van der Waals surface area contributed by atoms with Crippen LogP contribution in [0, 0.1) is 11.8 Å². The normalized spacial score (nSPS) is 11.8. The van der Waals surface area contributed by atoms with Gasteiger partial charge in [0.1, 0.15) is 18.1 Å². The molecular formula is C26H23NO5. The van der Waals surface area contributed by atoms with Crippen LogP contribution < -0.4 is 4.74 Å². The number of carboxylic acid groups (broad SMARTS) is 1. The molecule has 6 nitrogen and oxygen atoms in total. The number of aliphatic carboxylic acids is 1. The molecule has 0 radical (unpaired) electrons. The summed E-state index contributed by atoms with van der Waals surface area (Å²) in [6.07, 6.45) is -0.565. The lowest BCUT2D eigenvalue weighted by atomic mass is 10.0. The first-order valence-corrected chi connectivity index (χ1v) is 9.95. The number of benzene rings is 3. The molecule has 162 valence electrons. The minimum atomic E-state index is -0.985. The Bertz CT molecular complexity index is 1110. The van der Waals surface area contributed by atoms with Gasteiger partial charge in [0.25, 0.3) is 0 Å². The second-order valence-corrected chi connectivity index (χ2v) is 6.89. The number of oxime groups is 1. The molecule has 0 amide bonds. The topological polar surface area (TPSA) is 88.4 Å². The highest BCUT2D eigenvalue weighted by molar-refractivity contribution is 6.12. The van der Waals surface area contributed by atoms with Crippen molar-refractivity contribution in [2.75, 3.05) is 13.7 Å². The average molecular weight is 429 g/mol. The Kier molecular flexibility index (Phi) is 8.02. The van der Waals surface area contributed by atoms with Crippen LogP contribution >= 0.6 is 0 Å². The number of carbonyl (C=O) groups is 1. The average Bonchev–Trinajstić information content (AvgIpc) is 2.83. The van der Waals surface area contributed by atoms with Crippen LogP contribution in [0.3, 0.4) is 0 Å². The van der Waals surface area contributed by atoms with E-state index in [1.807, 2.05) is 66.7 Å². The zero-order valence-corrected chi connectivity index (χ0v) is 17.6. The number of nitrogens with zero attached hydrogens (tertiary/aromatic N) is 1. The van der Waals surface area contributed by atoms with Crippen molar-refractivity contribution >= 4 is 11.7 Å². The highest BCUT2D eigenvalue weighted by Gasteiger charge is 2.16. The smallest absolute Gasteiger partial charge is 0.333 e. The second kappa shape index (κ2) is 11.3. The first-order valence-electron chi connectivity index (χ1n) is 9.95. The summed E-state index contributed by atoms with van der Waals surface area (Å²) < 4.78 is 10.6. The third-order valence-electron chi connectivity index (χ3n) is 4.75. The van der Waals surface area contributed by atoms with Crippen LogP contribution in [0.5, 0.6) is 5.75 Å². The number of methoxy groups -OCH3 is 1. The third kappa shape index (κ3) is 6.21. The van der Waals surface area contributed by atoms with Gasteiger partial charge in [-0.25, -0.2) is 4.79 Å². The molecule has 0 unspecified atom stereocenters. The SMILES string of the molecule is CO[C@@H](Cc1ccc(C#CCOc2ccc(/C(=N/O)c3ccccc3)cc2)cc1)C(=O)O. The second-order valence-electron chi connectivity index (χ2n) is 6.89. The van der Waals surface area contributed by atoms with Crippen molar-refractivity contribution < 1.29 is 24.6 Å². The van der Waals surface area contributed by atoms with Gasteiger partial charge in [-0.3, -0.25) is 0 Å². The molecule has 3 rings (SSSR count). The van der Waals surface area contributed by atoms with Crippen LogP contribution in [0.2, 0.25) is 0 Å². The zero-order valence-electron chi connectivity index (χ0n) is 17.6. The zero-order chi connectivity index (χ0) is 22.8. The minimum absolute atomic E-state index is 0.214. The molecule has 0 fully saturated rings. The Labute approximate surface area is 186 Å². The van der Waals surface area contributed by atoms with E-state index in [2.05, 4.69) is 17.0 Å². The maximum Gasteiger partial charge on any atom is 0.333 e. The fourth-order valence-corrected chi connectivity index (χ4v) is 3.05. The van der Waals surface area contributed by atoms with Crippen LogP contribution in [-0.4, -0.2) is 41.8 Å². The Morgan fingerprint density at radius 2 is 1.62 bits per heavy atom. The van der Waals surface area contributed by atoms with E-state index in [1.165, 1.54) is 7.11 Å². The standard InChI is InChI=1S/C26H23NO5/c1-31-24(26(28)29)18-20-11-9-19(10-12-20)6-5-17-32-23-15-13-22(14-16-23)25(27-30)21-7-3-2-4-8-21/h2-4,7-16,24,30H,17-18H2,1H3,(H,28,29)/b27-25+/t24-/m0/s1. The minimum Gasteiger partial charge on any atom is -0.481 e. The summed E-state index contributed by atoms with van der Waals surface area (Å²) in [6.45, 7) is 0.214. The predicted molar refractivity (Wildman–Crippen MR) is 121 cm³/mol. The van der Waals surface area contributed by atoms with Gasteiger partial charge in [0.15, 0.2) is 6.10 Å². The number of ether oxygens (including phenoxy) is 2. The fourth-order valence-electron chi connectivity index (χ4n) is 3.05. The maximum atomic E-state index is 11.0. The van der Waals surface area contributed by atoms with E-state index in [4.69, 9.17) is 14.6 Å². The van der Waals surface area contributed by atoms with Crippen molar-refractivity contribution in [3.05, 3.63) is 101 Å². The highest BCUT2D eigenvalue weighted by atomic mass is 16.5. The lowest BCUT2D eigenvalue weighted by Crippen LogP contribution is -2.24. The van der Waals surface area contributed by atoms with Gasteiger partial charge in [-0.15, -0.1) is 0 Å². The molecule has 0 bridgehead atoms. The third-order valence-corrected chi connectivity index (χ3v) is 4.75. The molecule has 1 atom stereocenters. The van der Waals surface area contributed by atoms with Crippen molar-refractivity contribution in [3.63, 3.8) is 0 Å². The molecule has 0 aliphatic carbocycles. The summed E-state index contributed by atoms with van der Waals surface area (Å²) in [5.41, 5.74) is 3.75. The summed E-state index contributed by atoms with van der Waals surface area (Å²) in [5, 5.41) is 21.9. The van der Waals surface area contributed by atoms with Gasteiger partial charge < -0.3 is 19.8 Å². The lowest BCUT2D eigenvalue weighted by Gasteiger charge is -2.10. The van der Waals surface area contributed by atoms with Gasteiger partial charge in [-0.2, -0.15) is 0 Å². The molecule has 0 spiro atoms. The van der Waals surface area contributed by atoms with Gasteiger partial charge in [-0.05, 0) is 42.0 Å². The Morgan fingerprint density at radius 3 is 2.22 bits per heavy atom. The van der Waals surface area contributed by atoms with Crippen molar-refractivity contribution in [3.8, 4) is 17.6 Å². The Hall–Kier alpha value is -4.08. The van der Waals surface area contributed by atoms with Gasteiger partial charge in [-0.1, -0.05) is 59.5 Å². The molecule has 0 aliphatic rings. The van der Waals surface area contributed by atoms with E-state index in [0.29, 0.717) is 17.9 Å². The molecule has 0 heterocycles. The van der Waals surface area contributed by atoms with Crippen molar-refractivity contribution in [1.82, 2.24) is 0 Å². The number of carboxylic acids is 1. The van der Waals surface area contributed by atoms with E-state index in [1.54, 1.807) is 12.1 Å². The summed E-state index contributed by atoms with van der Waals surface area (Å²) >= 11 is 0. The molecule has 0 aliphatic heterocycles. The first kappa shape index (κ1) is 22.6. The largest absolute Gasteiger partial charge is 0.481 e. The van der Waals surface area contributed by atoms with Crippen LogP contribution in [-0.2, 0) is 16.0 Å². The summed E-state index contributed by atoms with van der Waals surface area (Å²) in [6, 6.07) is 24.0. The van der Waals surface area contributed by atoms with E-state index in [0.717, 1.165) is 22.3 Å². The van der Waals surface area contributed by atoms with Crippen LogP contribution in [0.15, 0.2) is 84.0 Å². The highest BCUT2D eigenvalue weighted by Crippen LogP contribution is 2.16. The predicted octanol–water partition coefficient (Wildman–Crippen LogP) is 3.99. The number of hydrogen-bond donors (Lipinski definition) is 2. The van der Waals surface area contributed by atoms with Crippen LogP contribution in [0.1, 0.15) is 22.3 Å². The summed E-state index contributed by atoms with van der Waals surface area (Å²) in [4.78, 5) is 11.0. The van der Waals surface area contributed by atoms with Crippen LogP contribution in [0.4, 0.5) is 0 Å². The van der Waals surface area contributed by atoms with E-state index < -0.39 is 12.1 Å². The molecule has 2 N–H and O–H groups in total. The fraction of sp³-hybridized carbons (Fsp3) is 0.154. The maximum absolute atomic E-state index is 11.0. The van der Waals surface area contributed by atoms with Crippen molar-refractivity contribution in [2.24, 2.45) is 5.16 Å². The van der Waals surface area contributed by atoms with Gasteiger partial charge in [0.05, 0.1) is 0 Å². The molecule has 32 heavy (non-hydrogen) atoms. The Morgan fingerprint density at radius 1 is 0.969 bits per heavy atom. The number of rotatable bonds is 8. The molecule has 0 aromatic heterocycles. The van der Waals surface area contributed by atoms with Crippen molar-refractivity contribution in [1.29, 1.82) is 0 Å². The van der Waals surface area contributed by atoms with Crippen LogP contribution in [0.25, 0.3) is 0 Å². The summed E-state index contributed by atoms with van der Waals surface area (Å²) in [7, 11) is 1.38. The van der Waals surface area contributed by atoms with Gasteiger partial charge in [0, 0.05) is 30.2 Å². The lowest BCUT2D eigenvalue weighted by molar-refractivity contribution is -0.148. The van der Waals surface area contributed by atoms with Crippen molar-refractivity contribution in [2.45, 2.75) is 12.5 Å². The molecule has 6 heteroatoms. The van der Waals surface area contributed by atoms with Gasteiger partial charge in [0.2, 0.25) is 0 Å². The monoisotopic (exact) mass is 429 g/mol. The molecule has 3 aromatic carbocycles. The van der Waals surface area contributed by atoms with Gasteiger partial charge >= 0.3 is 5.97 Å². The van der Waals surface area contributed by atoms with E-state index >= 15 is 0 Å². The molecular weight excluding hydrogens is 406 g/mol. The molecule has 0 saturated heterocycles. The van der Waals surface area contributed by atoms with E-state index in [-0.39, 0.29) is 6.61 Å². The quantitative estimate of drug-likeness (QED) is 0.245. The molecule has 3 aromatic rings. The number of hydrogen-bond acceptors (Lipinski definition) is 5. The van der Waals surface area contributed by atoms with E-state index in [9.17, 15) is 10.0 Å². The Balaban J connectivity index is 1.54. The summed E-state index contributed by atoms with van der Waals surface area (Å²) in [5.74, 6) is 5.65. The first-order chi connectivity index (χ1) is 15.6.